The van der Waals surface area contributed by atoms with Crippen molar-refractivity contribution in [3.8, 4) is 0 Å². The maximum absolute atomic E-state index is 7.42. The third-order valence-electron chi connectivity index (χ3n) is 3.56. The highest BCUT2D eigenvalue weighted by molar-refractivity contribution is 7.98. The Bertz CT molecular complexity index is 238. The number of amidine groups is 1. The van der Waals surface area contributed by atoms with Crippen molar-refractivity contribution < 1.29 is 0 Å². The molecule has 1 aliphatic rings. The minimum absolute atomic E-state index is 0.340. The zero-order valence-corrected chi connectivity index (χ0v) is 11.6. The average molecular weight is 243 g/mol. The van der Waals surface area contributed by atoms with E-state index in [4.69, 9.17) is 11.1 Å². The molecule has 0 heterocycles. The highest BCUT2D eigenvalue weighted by Crippen LogP contribution is 2.49. The molecule has 16 heavy (non-hydrogen) atoms. The van der Waals surface area contributed by atoms with E-state index in [9.17, 15) is 0 Å². The SMILES string of the molecule is CCC(CSC)N(C)CC1(CC(=N)N)CC1. The van der Waals surface area contributed by atoms with Crippen molar-refractivity contribution in [3.63, 3.8) is 0 Å². The van der Waals surface area contributed by atoms with Gasteiger partial charge in [0.05, 0.1) is 5.84 Å². The van der Waals surface area contributed by atoms with Crippen molar-refractivity contribution in [2.24, 2.45) is 11.1 Å². The van der Waals surface area contributed by atoms with Crippen LogP contribution in [0.25, 0.3) is 0 Å². The first-order chi connectivity index (χ1) is 7.53. The van der Waals surface area contributed by atoms with E-state index in [-0.39, 0.29) is 0 Å². The Morgan fingerprint density at radius 2 is 2.19 bits per heavy atom. The Hall–Kier alpha value is -0.220. The van der Waals surface area contributed by atoms with E-state index < -0.39 is 0 Å². The van der Waals surface area contributed by atoms with E-state index >= 15 is 0 Å². The molecular formula is C12H25N3S. The number of nitrogens with two attached hydrogens (primary N) is 1. The lowest BCUT2D eigenvalue weighted by atomic mass is 10.0. The largest absolute Gasteiger partial charge is 0.388 e. The monoisotopic (exact) mass is 243 g/mol. The van der Waals surface area contributed by atoms with Crippen molar-refractivity contribution in [2.75, 3.05) is 25.6 Å². The van der Waals surface area contributed by atoms with Gasteiger partial charge in [0, 0.05) is 24.8 Å². The molecule has 0 amide bonds. The first kappa shape index (κ1) is 13.8. The number of hydrogen-bond donors (Lipinski definition) is 2. The molecule has 0 aromatic heterocycles. The van der Waals surface area contributed by atoms with Gasteiger partial charge in [-0.15, -0.1) is 0 Å². The summed E-state index contributed by atoms with van der Waals surface area (Å²) in [5, 5.41) is 7.42. The standard InChI is InChI=1S/C12H25N3S/c1-4-10(8-16-3)15(2)9-12(5-6-12)7-11(13)14/h10H,4-9H2,1-3H3,(H3,13,14). The van der Waals surface area contributed by atoms with E-state index in [0.29, 0.717) is 17.3 Å². The second kappa shape index (κ2) is 5.92. The molecule has 0 radical (unpaired) electrons. The van der Waals surface area contributed by atoms with Crippen molar-refractivity contribution >= 4 is 17.6 Å². The highest BCUT2D eigenvalue weighted by atomic mass is 32.2. The third kappa shape index (κ3) is 3.98. The molecule has 1 saturated carbocycles. The zero-order chi connectivity index (χ0) is 12.2. The van der Waals surface area contributed by atoms with Crippen LogP contribution in [0.4, 0.5) is 0 Å². The maximum atomic E-state index is 7.42. The third-order valence-corrected chi connectivity index (χ3v) is 4.28. The number of thioether (sulfide) groups is 1. The van der Waals surface area contributed by atoms with Gasteiger partial charge in [0.25, 0.3) is 0 Å². The Kier molecular flexibility index (Phi) is 5.12. The molecule has 3 nitrogen and oxygen atoms in total. The highest BCUT2D eigenvalue weighted by Gasteiger charge is 2.44. The molecule has 0 aromatic carbocycles. The molecular weight excluding hydrogens is 218 g/mol. The van der Waals surface area contributed by atoms with Crippen LogP contribution in [0.5, 0.6) is 0 Å². The molecule has 4 heteroatoms. The van der Waals surface area contributed by atoms with Gasteiger partial charge in [-0.3, -0.25) is 5.41 Å². The summed E-state index contributed by atoms with van der Waals surface area (Å²) in [6, 6.07) is 0.666. The second-order valence-electron chi connectivity index (χ2n) is 5.13. The van der Waals surface area contributed by atoms with E-state index in [0.717, 1.165) is 13.0 Å². The summed E-state index contributed by atoms with van der Waals surface area (Å²) in [4.78, 5) is 2.46. The Balaban J connectivity index is 2.43. The maximum Gasteiger partial charge on any atom is 0.0911 e. The summed E-state index contributed by atoms with van der Waals surface area (Å²) in [5.41, 5.74) is 5.86. The van der Waals surface area contributed by atoms with Crippen molar-refractivity contribution in [1.29, 1.82) is 5.41 Å². The summed E-state index contributed by atoms with van der Waals surface area (Å²) in [6.45, 7) is 3.35. The average Bonchev–Trinajstić information content (AvgIpc) is 2.92. The fourth-order valence-electron chi connectivity index (χ4n) is 2.38. The normalized spacial score (nSPS) is 19.8. The van der Waals surface area contributed by atoms with Crippen molar-refractivity contribution in [3.05, 3.63) is 0 Å². The Morgan fingerprint density at radius 3 is 2.56 bits per heavy atom. The van der Waals surface area contributed by atoms with Gasteiger partial charge in [0.1, 0.15) is 0 Å². The molecule has 0 spiro atoms. The van der Waals surface area contributed by atoms with Crippen LogP contribution in [0, 0.1) is 10.8 Å². The quantitative estimate of drug-likeness (QED) is 0.507. The molecule has 1 rings (SSSR count). The first-order valence-corrected chi connectivity index (χ1v) is 7.44. The predicted molar refractivity (Wildman–Crippen MR) is 73.3 cm³/mol. The lowest BCUT2D eigenvalue weighted by Crippen LogP contribution is -2.38. The van der Waals surface area contributed by atoms with Gasteiger partial charge in [0.15, 0.2) is 0 Å². The second-order valence-corrected chi connectivity index (χ2v) is 6.05. The zero-order valence-electron chi connectivity index (χ0n) is 10.8. The van der Waals surface area contributed by atoms with E-state index in [1.165, 1.54) is 25.0 Å². The van der Waals surface area contributed by atoms with E-state index in [1.807, 2.05) is 11.8 Å². The topological polar surface area (TPSA) is 53.1 Å². The number of hydrogen-bond acceptors (Lipinski definition) is 3. The lowest BCUT2D eigenvalue weighted by Gasteiger charge is -2.30. The summed E-state index contributed by atoms with van der Waals surface area (Å²) in [7, 11) is 2.21. The van der Waals surface area contributed by atoms with Crippen LogP contribution in [0.15, 0.2) is 0 Å². The van der Waals surface area contributed by atoms with Gasteiger partial charge in [-0.25, -0.2) is 0 Å². The fraction of sp³-hybridized carbons (Fsp3) is 0.917. The summed E-state index contributed by atoms with van der Waals surface area (Å²) >= 11 is 1.91. The molecule has 1 fully saturated rings. The van der Waals surface area contributed by atoms with Crippen LogP contribution in [0.3, 0.4) is 0 Å². The van der Waals surface area contributed by atoms with Crippen LogP contribution >= 0.6 is 11.8 Å². The van der Waals surface area contributed by atoms with Gasteiger partial charge in [0.2, 0.25) is 0 Å². The minimum atomic E-state index is 0.340. The molecule has 0 aliphatic heterocycles. The molecule has 3 N–H and O–H groups in total. The minimum Gasteiger partial charge on any atom is -0.388 e. The predicted octanol–water partition coefficient (Wildman–Crippen LogP) is 2.17. The van der Waals surface area contributed by atoms with Gasteiger partial charge in [-0.2, -0.15) is 11.8 Å². The number of nitrogens with one attached hydrogen (secondary N) is 1. The van der Waals surface area contributed by atoms with Gasteiger partial charge in [-0.1, -0.05) is 6.92 Å². The van der Waals surface area contributed by atoms with E-state index in [1.54, 1.807) is 0 Å². The molecule has 1 aliphatic carbocycles. The smallest absolute Gasteiger partial charge is 0.0911 e. The van der Waals surface area contributed by atoms with Crippen molar-refractivity contribution in [1.82, 2.24) is 4.90 Å². The van der Waals surface area contributed by atoms with E-state index in [2.05, 4.69) is 25.1 Å². The van der Waals surface area contributed by atoms with Crippen LogP contribution in [0.1, 0.15) is 32.6 Å². The van der Waals surface area contributed by atoms with Gasteiger partial charge < -0.3 is 10.6 Å². The van der Waals surface area contributed by atoms with Gasteiger partial charge in [-0.05, 0) is 38.0 Å². The summed E-state index contributed by atoms with van der Waals surface area (Å²) in [6.07, 6.45) is 6.64. The summed E-state index contributed by atoms with van der Waals surface area (Å²) in [5.74, 6) is 1.55. The lowest BCUT2D eigenvalue weighted by molar-refractivity contribution is 0.208. The van der Waals surface area contributed by atoms with Crippen LogP contribution in [-0.2, 0) is 0 Å². The van der Waals surface area contributed by atoms with Crippen LogP contribution < -0.4 is 5.73 Å². The van der Waals surface area contributed by atoms with Crippen LogP contribution in [0.2, 0.25) is 0 Å². The van der Waals surface area contributed by atoms with Crippen LogP contribution in [-0.4, -0.2) is 42.4 Å². The number of nitrogens with zero attached hydrogens (tertiary/aromatic N) is 1. The molecule has 0 bridgehead atoms. The van der Waals surface area contributed by atoms with Crippen molar-refractivity contribution in [2.45, 2.75) is 38.6 Å². The Morgan fingerprint density at radius 1 is 1.56 bits per heavy atom. The molecule has 1 unspecified atom stereocenters. The fourth-order valence-corrected chi connectivity index (χ4v) is 3.25. The first-order valence-electron chi connectivity index (χ1n) is 6.05. The molecule has 0 saturated heterocycles. The Labute approximate surface area is 104 Å². The molecule has 1 atom stereocenters. The molecule has 94 valence electrons. The molecule has 0 aromatic rings. The number of rotatable bonds is 8. The summed E-state index contributed by atoms with van der Waals surface area (Å²) < 4.78 is 0. The van der Waals surface area contributed by atoms with Gasteiger partial charge >= 0.3 is 0 Å².